The van der Waals surface area contributed by atoms with Crippen LogP contribution in [0.2, 0.25) is 0 Å². The van der Waals surface area contributed by atoms with Crippen LogP contribution >= 0.6 is 22.6 Å². The second kappa shape index (κ2) is 6.03. The molecule has 16 heavy (non-hydrogen) atoms. The van der Waals surface area contributed by atoms with Crippen molar-refractivity contribution in [1.29, 1.82) is 0 Å². The van der Waals surface area contributed by atoms with Crippen LogP contribution < -0.4 is 5.32 Å². The van der Waals surface area contributed by atoms with E-state index >= 15 is 0 Å². The Labute approximate surface area is 115 Å². The van der Waals surface area contributed by atoms with E-state index in [1.807, 2.05) is 0 Å². The standard InChI is InChI=1S/C14H28IN/c1-6-11(4)8-7-9-14(15)12(5)13(14)16-10(2)3/h10-13,16H,6-9H2,1-5H3/t11?,12?,13?,14-/m0/s1. The van der Waals surface area contributed by atoms with Gasteiger partial charge in [0.15, 0.2) is 0 Å². The van der Waals surface area contributed by atoms with Crippen LogP contribution in [0.3, 0.4) is 0 Å². The van der Waals surface area contributed by atoms with Gasteiger partial charge in [0.25, 0.3) is 0 Å². The molecule has 0 amide bonds. The predicted octanol–water partition coefficient (Wildman–Crippen LogP) is 4.39. The molecule has 2 heteroatoms. The summed E-state index contributed by atoms with van der Waals surface area (Å²) >= 11 is 2.71. The molecular weight excluding hydrogens is 309 g/mol. The first kappa shape index (κ1) is 14.7. The lowest BCUT2D eigenvalue weighted by Crippen LogP contribution is -2.29. The molecule has 0 aliphatic heterocycles. The van der Waals surface area contributed by atoms with E-state index in [2.05, 4.69) is 62.5 Å². The molecule has 96 valence electrons. The molecule has 0 spiro atoms. The maximum atomic E-state index is 3.70. The van der Waals surface area contributed by atoms with Gasteiger partial charge in [-0.25, -0.2) is 0 Å². The maximum absolute atomic E-state index is 3.70. The minimum absolute atomic E-state index is 0.551. The lowest BCUT2D eigenvalue weighted by atomic mass is 10.00. The van der Waals surface area contributed by atoms with Gasteiger partial charge in [-0.3, -0.25) is 0 Å². The molecule has 1 fully saturated rings. The second-order valence-corrected chi connectivity index (χ2v) is 7.93. The smallest absolute Gasteiger partial charge is 0.0419 e. The van der Waals surface area contributed by atoms with Gasteiger partial charge in [0, 0.05) is 15.5 Å². The quantitative estimate of drug-likeness (QED) is 0.537. The number of hydrogen-bond acceptors (Lipinski definition) is 1. The van der Waals surface area contributed by atoms with E-state index in [0.717, 1.165) is 17.9 Å². The Kier molecular flexibility index (Phi) is 5.56. The molecule has 0 bridgehead atoms. The maximum Gasteiger partial charge on any atom is 0.0419 e. The lowest BCUT2D eigenvalue weighted by molar-refractivity contribution is 0.473. The van der Waals surface area contributed by atoms with Crippen LogP contribution in [0.25, 0.3) is 0 Å². The SMILES string of the molecule is CCC(C)CCC[C@]1(I)C(C)C1NC(C)C. The predicted molar refractivity (Wildman–Crippen MR) is 81.3 cm³/mol. The van der Waals surface area contributed by atoms with E-state index in [-0.39, 0.29) is 0 Å². The van der Waals surface area contributed by atoms with Crippen LogP contribution in [0.1, 0.15) is 60.3 Å². The average Bonchev–Trinajstić information content (AvgIpc) is 2.70. The van der Waals surface area contributed by atoms with Crippen molar-refractivity contribution >= 4 is 22.6 Å². The third-order valence-corrected chi connectivity index (χ3v) is 6.32. The number of alkyl halides is 1. The van der Waals surface area contributed by atoms with Gasteiger partial charge >= 0.3 is 0 Å². The molecule has 1 aliphatic carbocycles. The summed E-state index contributed by atoms with van der Waals surface area (Å²) in [6.07, 6.45) is 5.53. The summed E-state index contributed by atoms with van der Waals surface area (Å²) in [5, 5.41) is 3.70. The van der Waals surface area contributed by atoms with Crippen LogP contribution in [-0.2, 0) is 0 Å². The van der Waals surface area contributed by atoms with Crippen molar-refractivity contribution in [2.45, 2.75) is 75.8 Å². The van der Waals surface area contributed by atoms with Crippen molar-refractivity contribution < 1.29 is 0 Å². The summed E-state index contributed by atoms with van der Waals surface area (Å²) in [4.78, 5) is 0. The Morgan fingerprint density at radius 1 is 1.31 bits per heavy atom. The summed E-state index contributed by atoms with van der Waals surface area (Å²) in [7, 11) is 0. The van der Waals surface area contributed by atoms with Crippen LogP contribution in [0.5, 0.6) is 0 Å². The molecule has 1 rings (SSSR count). The van der Waals surface area contributed by atoms with Gasteiger partial charge in [-0.1, -0.05) is 76.5 Å². The molecule has 0 aromatic heterocycles. The summed E-state index contributed by atoms with van der Waals surface area (Å²) < 4.78 is 0.551. The Morgan fingerprint density at radius 3 is 2.44 bits per heavy atom. The Hall–Kier alpha value is 0.690. The average molecular weight is 337 g/mol. The highest BCUT2D eigenvalue weighted by Crippen LogP contribution is 2.55. The fourth-order valence-corrected chi connectivity index (χ4v) is 3.82. The van der Waals surface area contributed by atoms with Gasteiger partial charge in [-0.05, 0) is 18.3 Å². The molecule has 0 heterocycles. The van der Waals surface area contributed by atoms with Gasteiger partial charge in [0.1, 0.15) is 0 Å². The second-order valence-electron chi connectivity index (χ2n) is 5.92. The molecule has 1 saturated carbocycles. The zero-order valence-corrected chi connectivity index (χ0v) is 13.7. The highest BCUT2D eigenvalue weighted by molar-refractivity contribution is 14.1. The Balaban J connectivity index is 2.26. The fraction of sp³-hybridized carbons (Fsp3) is 1.00. The molecule has 0 radical (unpaired) electrons. The minimum atomic E-state index is 0.551. The van der Waals surface area contributed by atoms with Crippen molar-refractivity contribution in [3.63, 3.8) is 0 Å². The molecule has 1 nitrogen and oxygen atoms in total. The summed E-state index contributed by atoms with van der Waals surface area (Å²) in [6.45, 7) is 11.6. The molecule has 0 saturated heterocycles. The molecule has 0 aromatic rings. The highest BCUT2D eigenvalue weighted by Gasteiger charge is 2.59. The van der Waals surface area contributed by atoms with Crippen molar-refractivity contribution in [3.05, 3.63) is 0 Å². The van der Waals surface area contributed by atoms with E-state index in [4.69, 9.17) is 0 Å². The number of halogens is 1. The van der Waals surface area contributed by atoms with E-state index in [0.29, 0.717) is 9.46 Å². The first-order valence-electron chi connectivity index (χ1n) is 6.86. The van der Waals surface area contributed by atoms with E-state index < -0.39 is 0 Å². The summed E-state index contributed by atoms with van der Waals surface area (Å²) in [5.41, 5.74) is 0. The third kappa shape index (κ3) is 3.59. The third-order valence-electron chi connectivity index (χ3n) is 4.13. The minimum Gasteiger partial charge on any atom is -0.310 e. The van der Waals surface area contributed by atoms with Crippen LogP contribution in [0.15, 0.2) is 0 Å². The highest BCUT2D eigenvalue weighted by atomic mass is 127. The zero-order chi connectivity index (χ0) is 12.3. The van der Waals surface area contributed by atoms with Gasteiger partial charge in [0.05, 0.1) is 0 Å². The van der Waals surface area contributed by atoms with Crippen LogP contribution in [0, 0.1) is 11.8 Å². The summed E-state index contributed by atoms with van der Waals surface area (Å²) in [5.74, 6) is 1.76. The topological polar surface area (TPSA) is 12.0 Å². The van der Waals surface area contributed by atoms with Crippen molar-refractivity contribution in [2.24, 2.45) is 11.8 Å². The van der Waals surface area contributed by atoms with Gasteiger partial charge in [0.2, 0.25) is 0 Å². The van der Waals surface area contributed by atoms with Crippen molar-refractivity contribution in [2.75, 3.05) is 0 Å². The largest absolute Gasteiger partial charge is 0.310 e. The monoisotopic (exact) mass is 337 g/mol. The van der Waals surface area contributed by atoms with E-state index in [9.17, 15) is 0 Å². The van der Waals surface area contributed by atoms with Crippen molar-refractivity contribution in [1.82, 2.24) is 5.32 Å². The molecular formula is C14H28IN. The molecule has 1 aliphatic rings. The van der Waals surface area contributed by atoms with Gasteiger partial charge in [-0.15, -0.1) is 0 Å². The van der Waals surface area contributed by atoms with E-state index in [1.165, 1.54) is 25.7 Å². The van der Waals surface area contributed by atoms with Gasteiger partial charge < -0.3 is 5.32 Å². The molecule has 0 aromatic carbocycles. The molecule has 3 unspecified atom stereocenters. The Morgan fingerprint density at radius 2 is 1.94 bits per heavy atom. The molecule has 4 atom stereocenters. The molecule has 1 N–H and O–H groups in total. The fourth-order valence-electron chi connectivity index (χ4n) is 2.54. The first-order chi connectivity index (χ1) is 7.41. The van der Waals surface area contributed by atoms with Crippen LogP contribution in [0.4, 0.5) is 0 Å². The normalized spacial score (nSPS) is 35.4. The number of rotatable bonds is 7. The lowest BCUT2D eigenvalue weighted by Gasteiger charge is -2.14. The van der Waals surface area contributed by atoms with Crippen LogP contribution in [-0.4, -0.2) is 15.5 Å². The van der Waals surface area contributed by atoms with Crippen molar-refractivity contribution in [3.8, 4) is 0 Å². The number of hydrogen-bond donors (Lipinski definition) is 1. The van der Waals surface area contributed by atoms with E-state index in [1.54, 1.807) is 0 Å². The summed E-state index contributed by atoms with van der Waals surface area (Å²) in [6, 6.07) is 1.38. The number of nitrogens with one attached hydrogen (secondary N) is 1. The zero-order valence-electron chi connectivity index (χ0n) is 11.5. The van der Waals surface area contributed by atoms with Gasteiger partial charge in [-0.2, -0.15) is 0 Å². The first-order valence-corrected chi connectivity index (χ1v) is 7.94. The Bertz CT molecular complexity index is 217.